The van der Waals surface area contributed by atoms with Crippen molar-refractivity contribution in [2.45, 2.75) is 56.5 Å². The third kappa shape index (κ3) is 6.20. The summed E-state index contributed by atoms with van der Waals surface area (Å²) in [5, 5.41) is 10.1. The molecule has 2 aliphatic rings. The summed E-state index contributed by atoms with van der Waals surface area (Å²) in [6.07, 6.45) is 3.65. The number of hydrogen-bond acceptors (Lipinski definition) is 9. The van der Waals surface area contributed by atoms with Gasteiger partial charge in [0.25, 0.3) is 11.5 Å². The number of benzene rings is 1. The Morgan fingerprint density at radius 2 is 1.92 bits per heavy atom. The molecule has 2 atom stereocenters. The highest BCUT2D eigenvalue weighted by molar-refractivity contribution is 7.99. The molecule has 0 unspecified atom stereocenters. The van der Waals surface area contributed by atoms with Crippen LogP contribution >= 0.6 is 11.8 Å². The number of aryl methyl sites for hydroxylation is 1. The Balaban J connectivity index is 1.37. The number of amides is 2. The summed E-state index contributed by atoms with van der Waals surface area (Å²) in [5.41, 5.74) is 0.569. The fourth-order valence-electron chi connectivity index (χ4n) is 4.45. The average Bonchev–Trinajstić information content (AvgIpc) is 3.67. The number of aromatic nitrogens is 3. The predicted octanol–water partition coefficient (Wildman–Crippen LogP) is 2.51. The van der Waals surface area contributed by atoms with Crippen molar-refractivity contribution in [2.75, 3.05) is 30.8 Å². The number of thioether (sulfide) groups is 1. The first-order valence-electron chi connectivity index (χ1n) is 12.4. The molecule has 3 aromatic rings. The summed E-state index contributed by atoms with van der Waals surface area (Å²) in [7, 11) is 0. The molecule has 37 heavy (non-hydrogen) atoms. The molecule has 0 radical (unpaired) electrons. The fourth-order valence-corrected chi connectivity index (χ4v) is 5.26. The van der Waals surface area contributed by atoms with Crippen molar-refractivity contribution in [3.05, 3.63) is 45.9 Å². The van der Waals surface area contributed by atoms with E-state index in [1.54, 1.807) is 35.8 Å². The second kappa shape index (κ2) is 11.4. The van der Waals surface area contributed by atoms with Gasteiger partial charge in [0.15, 0.2) is 11.0 Å². The van der Waals surface area contributed by atoms with Crippen LogP contribution < -0.4 is 16.2 Å². The molecular weight excluding hydrogens is 498 g/mol. The smallest absolute Gasteiger partial charge is 0.262 e. The molecule has 5 rings (SSSR count). The molecule has 2 aliphatic heterocycles. The van der Waals surface area contributed by atoms with Crippen LogP contribution in [-0.4, -0.2) is 64.2 Å². The topological polar surface area (TPSA) is 138 Å². The molecule has 12 heteroatoms. The summed E-state index contributed by atoms with van der Waals surface area (Å²) in [4.78, 5) is 43.4. The van der Waals surface area contributed by atoms with E-state index in [0.29, 0.717) is 52.9 Å². The first-order valence-corrected chi connectivity index (χ1v) is 13.4. The summed E-state index contributed by atoms with van der Waals surface area (Å²) in [5.74, 6) is 0.361. The zero-order chi connectivity index (χ0) is 25.8. The van der Waals surface area contributed by atoms with Gasteiger partial charge in [-0.3, -0.25) is 19.0 Å². The Kier molecular flexibility index (Phi) is 7.87. The third-order valence-corrected chi connectivity index (χ3v) is 7.31. The molecule has 2 aromatic heterocycles. The second-order valence-corrected chi connectivity index (χ2v) is 10.1. The number of rotatable bonds is 9. The van der Waals surface area contributed by atoms with Crippen LogP contribution in [0.2, 0.25) is 0 Å². The monoisotopic (exact) mass is 527 g/mol. The molecule has 2 fully saturated rings. The minimum atomic E-state index is -0.307. The molecule has 0 saturated carbocycles. The molecule has 0 bridgehead atoms. The van der Waals surface area contributed by atoms with E-state index in [-0.39, 0.29) is 35.3 Å². The van der Waals surface area contributed by atoms with Gasteiger partial charge in [-0.2, -0.15) is 0 Å². The van der Waals surface area contributed by atoms with Gasteiger partial charge in [0.05, 0.1) is 35.4 Å². The van der Waals surface area contributed by atoms with Crippen molar-refractivity contribution in [1.82, 2.24) is 20.0 Å². The Labute approximate surface area is 217 Å². The molecule has 4 heterocycles. The normalized spacial score (nSPS) is 19.4. The number of carbonyl (C=O) groups is 2. The van der Waals surface area contributed by atoms with E-state index in [2.05, 4.69) is 15.8 Å². The first-order chi connectivity index (χ1) is 18.0. The number of fused-ring (bicyclic) bond motifs is 1. The van der Waals surface area contributed by atoms with Crippen LogP contribution in [0.5, 0.6) is 0 Å². The van der Waals surface area contributed by atoms with E-state index in [1.165, 1.54) is 0 Å². The van der Waals surface area contributed by atoms with Crippen molar-refractivity contribution < 1.29 is 23.6 Å². The number of nitrogens with zero attached hydrogens (tertiary/aromatic N) is 3. The van der Waals surface area contributed by atoms with Gasteiger partial charge >= 0.3 is 0 Å². The van der Waals surface area contributed by atoms with Gasteiger partial charge < -0.3 is 24.6 Å². The lowest BCUT2D eigenvalue weighted by atomic mass is 10.1. The molecular formula is C25H29N5O6S. The van der Waals surface area contributed by atoms with Gasteiger partial charge in [-0.15, -0.1) is 0 Å². The number of carbonyl (C=O) groups excluding carboxylic acids is 2. The van der Waals surface area contributed by atoms with E-state index >= 15 is 0 Å². The molecule has 11 nitrogen and oxygen atoms in total. The highest BCUT2D eigenvalue weighted by Crippen LogP contribution is 2.22. The lowest BCUT2D eigenvalue weighted by Crippen LogP contribution is -2.32. The van der Waals surface area contributed by atoms with Gasteiger partial charge in [0, 0.05) is 31.4 Å². The average molecular weight is 528 g/mol. The lowest BCUT2D eigenvalue weighted by molar-refractivity contribution is -0.113. The van der Waals surface area contributed by atoms with E-state index in [9.17, 15) is 14.4 Å². The third-order valence-electron chi connectivity index (χ3n) is 6.33. The van der Waals surface area contributed by atoms with Gasteiger partial charge in [0.1, 0.15) is 5.76 Å². The molecule has 2 N–H and O–H groups in total. The van der Waals surface area contributed by atoms with Crippen LogP contribution in [0.25, 0.3) is 10.9 Å². The van der Waals surface area contributed by atoms with Crippen LogP contribution in [-0.2, 0) is 20.8 Å². The maximum absolute atomic E-state index is 13.5. The largest absolute Gasteiger partial charge is 0.376 e. The van der Waals surface area contributed by atoms with Crippen molar-refractivity contribution in [2.24, 2.45) is 0 Å². The Morgan fingerprint density at radius 1 is 1.14 bits per heavy atom. The summed E-state index contributed by atoms with van der Waals surface area (Å²) < 4.78 is 17.9. The molecule has 0 spiro atoms. The predicted molar refractivity (Wildman–Crippen MR) is 137 cm³/mol. The summed E-state index contributed by atoms with van der Waals surface area (Å²) >= 11 is 1.14. The quantitative estimate of drug-likeness (QED) is 0.318. The summed E-state index contributed by atoms with van der Waals surface area (Å²) in [6.45, 7) is 3.89. The van der Waals surface area contributed by atoms with Crippen molar-refractivity contribution in [3.8, 4) is 0 Å². The van der Waals surface area contributed by atoms with E-state index in [4.69, 9.17) is 19.0 Å². The molecule has 0 aliphatic carbocycles. The maximum Gasteiger partial charge on any atom is 0.262 e. The van der Waals surface area contributed by atoms with Crippen LogP contribution in [0.1, 0.15) is 41.8 Å². The van der Waals surface area contributed by atoms with Gasteiger partial charge in [-0.05, 0) is 50.8 Å². The van der Waals surface area contributed by atoms with Gasteiger partial charge in [0.2, 0.25) is 5.91 Å². The van der Waals surface area contributed by atoms with Gasteiger partial charge in [-0.25, -0.2) is 4.98 Å². The second-order valence-electron chi connectivity index (χ2n) is 9.18. The SMILES string of the molecule is Cc1cc(NC(=O)CSc2nc3cc(C(=O)NC[C@@H]4CCCO4)ccc3c(=O)n2C[C@H]2CCCO2)no1. The zero-order valence-corrected chi connectivity index (χ0v) is 21.3. The van der Waals surface area contributed by atoms with Crippen LogP contribution in [0.15, 0.2) is 38.7 Å². The fraction of sp³-hybridized carbons (Fsp3) is 0.480. The van der Waals surface area contributed by atoms with Crippen LogP contribution in [0.3, 0.4) is 0 Å². The standard InChI is InChI=1S/C25H29N5O6S/c1-15-10-21(29-36-15)28-22(31)14-37-25-27-20-11-16(23(32)26-12-17-4-2-8-34-17)6-7-19(20)24(33)30(25)13-18-5-3-9-35-18/h6-7,10-11,17-18H,2-5,8-9,12-14H2,1H3,(H,26,32)(H,28,29,31)/t17-,18+/m0/s1. The first kappa shape index (κ1) is 25.4. The van der Waals surface area contributed by atoms with Crippen LogP contribution in [0, 0.1) is 6.92 Å². The number of nitrogens with one attached hydrogen (secondary N) is 2. The minimum absolute atomic E-state index is 0.0109. The van der Waals surface area contributed by atoms with Crippen molar-refractivity contribution in [3.63, 3.8) is 0 Å². The molecule has 2 amide bonds. The highest BCUT2D eigenvalue weighted by atomic mass is 32.2. The Hall–Kier alpha value is -3.22. The Morgan fingerprint density at radius 3 is 2.62 bits per heavy atom. The number of hydrogen-bond donors (Lipinski definition) is 2. The van der Waals surface area contributed by atoms with Gasteiger partial charge in [-0.1, -0.05) is 16.9 Å². The number of ether oxygens (including phenoxy) is 2. The molecule has 2 saturated heterocycles. The number of anilines is 1. The van der Waals surface area contributed by atoms with E-state index < -0.39 is 0 Å². The summed E-state index contributed by atoms with van der Waals surface area (Å²) in [6, 6.07) is 6.49. The molecule has 196 valence electrons. The van der Waals surface area contributed by atoms with E-state index in [1.807, 2.05) is 0 Å². The highest BCUT2D eigenvalue weighted by Gasteiger charge is 2.22. The van der Waals surface area contributed by atoms with Crippen molar-refractivity contribution in [1.29, 1.82) is 0 Å². The zero-order valence-electron chi connectivity index (χ0n) is 20.5. The maximum atomic E-state index is 13.5. The van der Waals surface area contributed by atoms with E-state index in [0.717, 1.165) is 44.1 Å². The molecule has 1 aromatic carbocycles. The lowest BCUT2D eigenvalue weighted by Gasteiger charge is -2.17. The van der Waals surface area contributed by atoms with Crippen LogP contribution in [0.4, 0.5) is 5.82 Å². The van der Waals surface area contributed by atoms with Crippen molar-refractivity contribution >= 4 is 40.3 Å². The minimum Gasteiger partial charge on any atom is -0.376 e. The Bertz CT molecular complexity index is 1340.